The molecule has 2 rings (SSSR count). The molecule has 1 atom stereocenters. The van der Waals surface area contributed by atoms with Crippen LogP contribution in [0.5, 0.6) is 0 Å². The minimum absolute atomic E-state index is 0.0786. The standard InChI is InChI=1S/C8H7N3O3/c12-6(8(13)14)7-10-4-5-3-9-1-2-11(5)7/h1-4,6,12H,(H,13,14). The van der Waals surface area contributed by atoms with Gasteiger partial charge in [0.05, 0.1) is 17.9 Å². The van der Waals surface area contributed by atoms with Crippen molar-refractivity contribution < 1.29 is 15.0 Å². The Bertz CT molecular complexity index is 479. The van der Waals surface area contributed by atoms with E-state index in [0.29, 0.717) is 5.52 Å². The van der Waals surface area contributed by atoms with Crippen LogP contribution in [0.25, 0.3) is 5.52 Å². The SMILES string of the molecule is O=C(O)C(O)c1ncc2cnccn12. The molecule has 0 saturated carbocycles. The van der Waals surface area contributed by atoms with Crippen molar-refractivity contribution >= 4 is 11.5 Å². The zero-order chi connectivity index (χ0) is 10.1. The van der Waals surface area contributed by atoms with E-state index in [2.05, 4.69) is 9.97 Å². The maximum atomic E-state index is 10.5. The van der Waals surface area contributed by atoms with E-state index in [1.807, 2.05) is 0 Å². The summed E-state index contributed by atoms with van der Waals surface area (Å²) < 4.78 is 1.48. The molecule has 0 aromatic carbocycles. The number of carboxylic acid groups (broad SMARTS) is 1. The summed E-state index contributed by atoms with van der Waals surface area (Å²) in [5.74, 6) is -1.25. The Labute approximate surface area is 78.5 Å². The van der Waals surface area contributed by atoms with Crippen LogP contribution in [-0.4, -0.2) is 30.6 Å². The van der Waals surface area contributed by atoms with E-state index in [4.69, 9.17) is 5.11 Å². The Morgan fingerprint density at radius 2 is 2.29 bits per heavy atom. The first-order chi connectivity index (χ1) is 6.70. The number of rotatable bonds is 2. The maximum Gasteiger partial charge on any atom is 0.340 e. The number of carbonyl (C=O) groups is 1. The van der Waals surface area contributed by atoms with Gasteiger partial charge in [-0.15, -0.1) is 0 Å². The molecule has 0 amide bonds. The average molecular weight is 193 g/mol. The zero-order valence-electron chi connectivity index (χ0n) is 7.03. The van der Waals surface area contributed by atoms with Crippen LogP contribution < -0.4 is 0 Å². The van der Waals surface area contributed by atoms with Gasteiger partial charge in [-0.25, -0.2) is 9.78 Å². The summed E-state index contributed by atoms with van der Waals surface area (Å²) in [6.45, 7) is 0. The van der Waals surface area contributed by atoms with Crippen LogP contribution in [0, 0.1) is 0 Å². The van der Waals surface area contributed by atoms with E-state index in [-0.39, 0.29) is 5.82 Å². The maximum absolute atomic E-state index is 10.5. The van der Waals surface area contributed by atoms with E-state index in [1.165, 1.54) is 23.0 Å². The number of aliphatic hydroxyl groups is 1. The fourth-order valence-electron chi connectivity index (χ4n) is 1.18. The zero-order valence-corrected chi connectivity index (χ0v) is 7.03. The molecule has 0 bridgehead atoms. The van der Waals surface area contributed by atoms with Crippen LogP contribution in [0.2, 0.25) is 0 Å². The largest absolute Gasteiger partial charge is 0.479 e. The molecule has 2 aromatic rings. The number of hydrogen-bond donors (Lipinski definition) is 2. The van der Waals surface area contributed by atoms with Gasteiger partial charge in [0.25, 0.3) is 0 Å². The second-order valence-electron chi connectivity index (χ2n) is 2.73. The molecule has 1 unspecified atom stereocenters. The molecule has 0 aliphatic rings. The molecule has 0 radical (unpaired) electrons. The Hall–Kier alpha value is -1.95. The number of aliphatic carboxylic acids is 1. The molecule has 0 aliphatic carbocycles. The van der Waals surface area contributed by atoms with Gasteiger partial charge in [0.15, 0.2) is 5.82 Å². The predicted molar refractivity (Wildman–Crippen MR) is 45.6 cm³/mol. The number of carboxylic acids is 1. The normalized spacial score (nSPS) is 12.9. The van der Waals surface area contributed by atoms with E-state index >= 15 is 0 Å². The summed E-state index contributed by atoms with van der Waals surface area (Å²) in [6, 6.07) is 0. The van der Waals surface area contributed by atoms with Crippen LogP contribution in [0.3, 0.4) is 0 Å². The molecule has 14 heavy (non-hydrogen) atoms. The van der Waals surface area contributed by atoms with Crippen LogP contribution in [-0.2, 0) is 4.79 Å². The van der Waals surface area contributed by atoms with Gasteiger partial charge in [-0.1, -0.05) is 0 Å². The van der Waals surface area contributed by atoms with Crippen LogP contribution in [0.4, 0.5) is 0 Å². The van der Waals surface area contributed by atoms with Gasteiger partial charge in [0.1, 0.15) is 0 Å². The highest BCUT2D eigenvalue weighted by molar-refractivity contribution is 5.73. The molecule has 6 heteroatoms. The Morgan fingerprint density at radius 1 is 1.50 bits per heavy atom. The van der Waals surface area contributed by atoms with E-state index in [0.717, 1.165) is 0 Å². The summed E-state index contributed by atoms with van der Waals surface area (Å²) >= 11 is 0. The molecular formula is C8H7N3O3. The molecule has 0 fully saturated rings. The molecule has 2 heterocycles. The monoisotopic (exact) mass is 193 g/mol. The third-order valence-electron chi connectivity index (χ3n) is 1.84. The van der Waals surface area contributed by atoms with Gasteiger partial charge in [0.2, 0.25) is 6.10 Å². The van der Waals surface area contributed by atoms with Crippen molar-refractivity contribution in [1.29, 1.82) is 0 Å². The van der Waals surface area contributed by atoms with Crippen molar-refractivity contribution in [3.63, 3.8) is 0 Å². The van der Waals surface area contributed by atoms with Crippen molar-refractivity contribution in [2.24, 2.45) is 0 Å². The summed E-state index contributed by atoms with van der Waals surface area (Å²) in [6.07, 6.45) is 4.41. The molecule has 0 saturated heterocycles. The average Bonchev–Trinajstić information content (AvgIpc) is 2.60. The van der Waals surface area contributed by atoms with E-state index < -0.39 is 12.1 Å². The highest BCUT2D eigenvalue weighted by Crippen LogP contribution is 2.13. The van der Waals surface area contributed by atoms with Gasteiger partial charge in [-0.05, 0) is 0 Å². The fraction of sp³-hybridized carbons (Fsp3) is 0.125. The lowest BCUT2D eigenvalue weighted by Crippen LogP contribution is -2.13. The smallest absolute Gasteiger partial charge is 0.340 e. The summed E-state index contributed by atoms with van der Waals surface area (Å²) in [5.41, 5.74) is 0.641. The highest BCUT2D eigenvalue weighted by atomic mass is 16.4. The number of aromatic nitrogens is 3. The lowest BCUT2D eigenvalue weighted by Gasteiger charge is -2.03. The van der Waals surface area contributed by atoms with Crippen molar-refractivity contribution in [3.8, 4) is 0 Å². The van der Waals surface area contributed by atoms with E-state index in [1.54, 1.807) is 6.20 Å². The van der Waals surface area contributed by atoms with Crippen molar-refractivity contribution in [2.45, 2.75) is 6.10 Å². The lowest BCUT2D eigenvalue weighted by molar-refractivity contribution is -0.147. The van der Waals surface area contributed by atoms with Gasteiger partial charge < -0.3 is 10.2 Å². The quantitative estimate of drug-likeness (QED) is 0.692. The number of aliphatic hydroxyl groups excluding tert-OH is 1. The number of hydrogen-bond acceptors (Lipinski definition) is 4. The first-order valence-corrected chi connectivity index (χ1v) is 3.88. The first kappa shape index (κ1) is 8.64. The molecule has 2 aromatic heterocycles. The minimum atomic E-state index is -1.61. The van der Waals surface area contributed by atoms with Gasteiger partial charge >= 0.3 is 5.97 Å². The highest BCUT2D eigenvalue weighted by Gasteiger charge is 2.20. The molecular weight excluding hydrogens is 186 g/mol. The third kappa shape index (κ3) is 1.21. The molecule has 6 nitrogen and oxygen atoms in total. The van der Waals surface area contributed by atoms with Crippen molar-refractivity contribution in [1.82, 2.24) is 14.4 Å². The Kier molecular flexibility index (Phi) is 1.90. The summed E-state index contributed by atoms with van der Waals surface area (Å²) in [5, 5.41) is 17.9. The summed E-state index contributed by atoms with van der Waals surface area (Å²) in [7, 11) is 0. The second-order valence-corrected chi connectivity index (χ2v) is 2.73. The number of nitrogens with zero attached hydrogens (tertiary/aromatic N) is 3. The summed E-state index contributed by atoms with van der Waals surface area (Å²) in [4.78, 5) is 18.2. The molecule has 0 spiro atoms. The minimum Gasteiger partial charge on any atom is -0.479 e. The lowest BCUT2D eigenvalue weighted by atomic mass is 10.3. The molecule has 2 N–H and O–H groups in total. The van der Waals surface area contributed by atoms with E-state index in [9.17, 15) is 9.90 Å². The second kappa shape index (κ2) is 3.08. The van der Waals surface area contributed by atoms with Crippen molar-refractivity contribution in [3.05, 3.63) is 30.6 Å². The first-order valence-electron chi connectivity index (χ1n) is 3.88. The third-order valence-corrected chi connectivity index (χ3v) is 1.84. The topological polar surface area (TPSA) is 87.7 Å². The van der Waals surface area contributed by atoms with Crippen LogP contribution in [0.1, 0.15) is 11.9 Å². The van der Waals surface area contributed by atoms with Crippen LogP contribution >= 0.6 is 0 Å². The van der Waals surface area contributed by atoms with Crippen LogP contribution in [0.15, 0.2) is 24.8 Å². The Balaban J connectivity index is 2.58. The number of imidazole rings is 1. The van der Waals surface area contributed by atoms with Gasteiger partial charge in [0, 0.05) is 12.4 Å². The fourth-order valence-corrected chi connectivity index (χ4v) is 1.18. The Morgan fingerprint density at radius 3 is 3.00 bits per heavy atom. The van der Waals surface area contributed by atoms with Gasteiger partial charge in [-0.3, -0.25) is 9.38 Å². The van der Waals surface area contributed by atoms with Crippen molar-refractivity contribution in [2.75, 3.05) is 0 Å². The number of fused-ring (bicyclic) bond motifs is 1. The molecule has 72 valence electrons. The predicted octanol–water partition coefficient (Wildman–Crippen LogP) is -0.153. The van der Waals surface area contributed by atoms with Gasteiger partial charge in [-0.2, -0.15) is 0 Å². The molecule has 0 aliphatic heterocycles.